The molecule has 0 saturated carbocycles. The van der Waals surface area contributed by atoms with E-state index in [0.717, 1.165) is 17.9 Å². The zero-order chi connectivity index (χ0) is 18.5. The molecule has 1 heterocycles. The van der Waals surface area contributed by atoms with Crippen LogP contribution in [0.15, 0.2) is 91.1 Å². The largest absolute Gasteiger partial charge is 0.439 e. The predicted molar refractivity (Wildman–Crippen MR) is 110 cm³/mol. The van der Waals surface area contributed by atoms with Crippen molar-refractivity contribution in [2.24, 2.45) is 0 Å². The van der Waals surface area contributed by atoms with Gasteiger partial charge in [-0.05, 0) is 41.0 Å². The van der Waals surface area contributed by atoms with Gasteiger partial charge in [0.2, 0.25) is 5.88 Å². The van der Waals surface area contributed by atoms with Crippen molar-refractivity contribution in [2.75, 3.05) is 0 Å². The van der Waals surface area contributed by atoms with Gasteiger partial charge in [-0.1, -0.05) is 66.7 Å². The van der Waals surface area contributed by atoms with Crippen molar-refractivity contribution in [3.8, 4) is 11.6 Å². The molecule has 4 aromatic rings. The molecule has 3 heteroatoms. The van der Waals surface area contributed by atoms with E-state index in [1.165, 1.54) is 16.3 Å². The van der Waals surface area contributed by atoms with Gasteiger partial charge in [-0.3, -0.25) is 0 Å². The molecule has 1 N–H and O–H groups in total. The van der Waals surface area contributed by atoms with Gasteiger partial charge in [-0.15, -0.1) is 0 Å². The number of nitrogens with one attached hydrogen (secondary N) is 1. The van der Waals surface area contributed by atoms with Crippen LogP contribution >= 0.6 is 0 Å². The van der Waals surface area contributed by atoms with E-state index in [1.807, 2.05) is 48.7 Å². The van der Waals surface area contributed by atoms with Crippen LogP contribution < -0.4 is 10.1 Å². The summed E-state index contributed by atoms with van der Waals surface area (Å²) in [7, 11) is 0. The van der Waals surface area contributed by atoms with E-state index in [2.05, 4.69) is 59.7 Å². The summed E-state index contributed by atoms with van der Waals surface area (Å²) in [4.78, 5) is 4.41. The quantitative estimate of drug-likeness (QED) is 0.469. The van der Waals surface area contributed by atoms with Gasteiger partial charge in [0.25, 0.3) is 0 Å². The molecule has 0 aliphatic heterocycles. The monoisotopic (exact) mass is 354 g/mol. The molecule has 134 valence electrons. The lowest BCUT2D eigenvalue weighted by Gasteiger charge is -2.16. The SMILES string of the molecule is CC(NCc1ccc(Oc2ccccc2)nc1)c1cccc2ccccc12. The van der Waals surface area contributed by atoms with Gasteiger partial charge in [-0.2, -0.15) is 0 Å². The smallest absolute Gasteiger partial charge is 0.219 e. The van der Waals surface area contributed by atoms with E-state index in [1.54, 1.807) is 0 Å². The van der Waals surface area contributed by atoms with Crippen LogP contribution in [-0.4, -0.2) is 4.98 Å². The highest BCUT2D eigenvalue weighted by Crippen LogP contribution is 2.24. The minimum atomic E-state index is 0.247. The van der Waals surface area contributed by atoms with Crippen LogP contribution in [0.1, 0.15) is 24.1 Å². The number of ether oxygens (including phenoxy) is 1. The lowest BCUT2D eigenvalue weighted by atomic mass is 9.99. The first-order chi connectivity index (χ1) is 13.3. The molecule has 0 radical (unpaired) electrons. The molecule has 0 amide bonds. The number of hydrogen-bond donors (Lipinski definition) is 1. The summed E-state index contributed by atoms with van der Waals surface area (Å²) in [5.74, 6) is 1.40. The number of fused-ring (bicyclic) bond motifs is 1. The van der Waals surface area contributed by atoms with E-state index >= 15 is 0 Å². The third-order valence-electron chi connectivity index (χ3n) is 4.67. The molecular weight excluding hydrogens is 332 g/mol. The maximum Gasteiger partial charge on any atom is 0.219 e. The van der Waals surface area contributed by atoms with Gasteiger partial charge >= 0.3 is 0 Å². The number of rotatable bonds is 6. The predicted octanol–water partition coefficient (Wildman–Crippen LogP) is 5.88. The normalized spacial score (nSPS) is 12.0. The van der Waals surface area contributed by atoms with E-state index in [-0.39, 0.29) is 6.04 Å². The third-order valence-corrected chi connectivity index (χ3v) is 4.67. The summed E-state index contributed by atoms with van der Waals surface area (Å²) < 4.78 is 5.74. The zero-order valence-corrected chi connectivity index (χ0v) is 15.3. The standard InChI is InChI=1S/C24H22N2O/c1-18(22-13-7-9-20-8-5-6-12-23(20)22)25-16-19-14-15-24(26-17-19)27-21-10-3-2-4-11-21/h2-15,17-18,25H,16H2,1H3. The third kappa shape index (κ3) is 4.15. The van der Waals surface area contributed by atoms with Gasteiger partial charge in [-0.25, -0.2) is 4.98 Å². The number of nitrogens with zero attached hydrogens (tertiary/aromatic N) is 1. The number of hydrogen-bond acceptors (Lipinski definition) is 3. The molecule has 3 aromatic carbocycles. The Morgan fingerprint density at radius 2 is 1.63 bits per heavy atom. The number of benzene rings is 3. The molecule has 3 nitrogen and oxygen atoms in total. The van der Waals surface area contributed by atoms with Crippen molar-refractivity contribution in [3.63, 3.8) is 0 Å². The van der Waals surface area contributed by atoms with Gasteiger partial charge in [0.05, 0.1) is 0 Å². The second kappa shape index (κ2) is 8.02. The van der Waals surface area contributed by atoms with Gasteiger partial charge in [0.15, 0.2) is 0 Å². The fraction of sp³-hybridized carbons (Fsp3) is 0.125. The van der Waals surface area contributed by atoms with Crippen LogP contribution in [0.3, 0.4) is 0 Å². The van der Waals surface area contributed by atoms with Crippen LogP contribution in [-0.2, 0) is 6.54 Å². The highest BCUT2D eigenvalue weighted by molar-refractivity contribution is 5.86. The van der Waals surface area contributed by atoms with Crippen molar-refractivity contribution in [3.05, 3.63) is 102 Å². The molecule has 1 unspecified atom stereocenters. The number of pyridine rings is 1. The molecule has 0 fully saturated rings. The molecule has 4 rings (SSSR count). The van der Waals surface area contributed by atoms with Crippen LogP contribution in [0.5, 0.6) is 11.6 Å². The van der Waals surface area contributed by atoms with Gasteiger partial charge in [0.1, 0.15) is 5.75 Å². The molecule has 1 atom stereocenters. The fourth-order valence-corrected chi connectivity index (χ4v) is 3.19. The Bertz CT molecular complexity index is 1010. The number of para-hydroxylation sites is 1. The fourth-order valence-electron chi connectivity index (χ4n) is 3.19. The van der Waals surface area contributed by atoms with Crippen molar-refractivity contribution >= 4 is 10.8 Å². The Balaban J connectivity index is 1.41. The summed E-state index contributed by atoms with van der Waals surface area (Å²) in [5, 5.41) is 6.16. The van der Waals surface area contributed by atoms with Crippen LogP contribution in [0.2, 0.25) is 0 Å². The Labute approximate surface area is 159 Å². The maximum absolute atomic E-state index is 5.74. The minimum Gasteiger partial charge on any atom is -0.439 e. The van der Waals surface area contributed by atoms with Crippen molar-refractivity contribution in [1.82, 2.24) is 10.3 Å². The van der Waals surface area contributed by atoms with Crippen molar-refractivity contribution < 1.29 is 4.74 Å². The van der Waals surface area contributed by atoms with Crippen LogP contribution in [0.25, 0.3) is 10.8 Å². The summed E-state index contributed by atoms with van der Waals surface area (Å²) >= 11 is 0. The minimum absolute atomic E-state index is 0.247. The first-order valence-electron chi connectivity index (χ1n) is 9.18. The molecular formula is C24H22N2O. The molecule has 0 aliphatic rings. The average Bonchev–Trinajstić information content (AvgIpc) is 2.73. The molecule has 27 heavy (non-hydrogen) atoms. The van der Waals surface area contributed by atoms with Crippen LogP contribution in [0, 0.1) is 0 Å². The summed E-state index contributed by atoms with van der Waals surface area (Å²) in [5.41, 5.74) is 2.44. The van der Waals surface area contributed by atoms with E-state index in [9.17, 15) is 0 Å². The first-order valence-corrected chi connectivity index (χ1v) is 9.18. The average molecular weight is 354 g/mol. The Morgan fingerprint density at radius 3 is 2.44 bits per heavy atom. The topological polar surface area (TPSA) is 34.1 Å². The molecule has 0 aliphatic carbocycles. The highest BCUT2D eigenvalue weighted by atomic mass is 16.5. The molecule has 0 saturated heterocycles. The first kappa shape index (κ1) is 17.3. The van der Waals surface area contributed by atoms with Gasteiger partial charge in [0, 0.05) is 24.8 Å². The second-order valence-electron chi connectivity index (χ2n) is 6.59. The lowest BCUT2D eigenvalue weighted by molar-refractivity contribution is 0.462. The van der Waals surface area contributed by atoms with Crippen LogP contribution in [0.4, 0.5) is 0 Å². The Kier molecular flexibility index (Phi) is 5.13. The summed E-state index contributed by atoms with van der Waals surface area (Å²) in [6.45, 7) is 2.95. The molecule has 0 bridgehead atoms. The van der Waals surface area contributed by atoms with E-state index in [4.69, 9.17) is 4.74 Å². The second-order valence-corrected chi connectivity index (χ2v) is 6.59. The summed E-state index contributed by atoms with van der Waals surface area (Å²) in [6.07, 6.45) is 1.86. The van der Waals surface area contributed by atoms with E-state index < -0.39 is 0 Å². The van der Waals surface area contributed by atoms with Crippen molar-refractivity contribution in [1.29, 1.82) is 0 Å². The van der Waals surface area contributed by atoms with Gasteiger partial charge < -0.3 is 10.1 Å². The van der Waals surface area contributed by atoms with Crippen molar-refractivity contribution in [2.45, 2.75) is 19.5 Å². The maximum atomic E-state index is 5.74. The summed E-state index contributed by atoms with van der Waals surface area (Å²) in [6, 6.07) is 28.9. The highest BCUT2D eigenvalue weighted by Gasteiger charge is 2.09. The Morgan fingerprint density at radius 1 is 0.852 bits per heavy atom. The molecule has 1 aromatic heterocycles. The lowest BCUT2D eigenvalue weighted by Crippen LogP contribution is -2.18. The number of aromatic nitrogens is 1. The molecule has 0 spiro atoms. The zero-order valence-electron chi connectivity index (χ0n) is 15.3. The Hall–Kier alpha value is -3.17. The van der Waals surface area contributed by atoms with E-state index in [0.29, 0.717) is 5.88 Å².